The number of aromatic amines is 2. The number of H-pyrrole nitrogens is 2. The number of anilines is 1. The molecule has 0 atom stereocenters. The first kappa shape index (κ1) is 35.4. The van der Waals surface area contributed by atoms with Crippen LogP contribution in [0.25, 0.3) is 90.9 Å². The molecule has 0 amide bonds. The Morgan fingerprint density at radius 2 is 0.621 bits per heavy atom. The van der Waals surface area contributed by atoms with Crippen molar-refractivity contribution in [2.75, 3.05) is 5.73 Å². The molecule has 0 spiro atoms. The Bertz CT molecular complexity index is 3010. The van der Waals surface area contributed by atoms with E-state index in [1.807, 2.05) is 72.8 Å². The second kappa shape index (κ2) is 14.1. The Balaban J connectivity index is 1.44. The van der Waals surface area contributed by atoms with Gasteiger partial charge >= 0.3 is 0 Å². The zero-order valence-corrected chi connectivity index (χ0v) is 30.3. The lowest BCUT2D eigenvalue weighted by molar-refractivity contribution is -0.256. The van der Waals surface area contributed by atoms with Crippen LogP contribution in [0.15, 0.2) is 121 Å². The van der Waals surface area contributed by atoms with E-state index in [4.69, 9.17) is 15.7 Å². The second-order valence-electron chi connectivity index (χ2n) is 13.7. The summed E-state index contributed by atoms with van der Waals surface area (Å²) in [7, 11) is 0. The second-order valence-corrected chi connectivity index (χ2v) is 13.7. The Labute approximate surface area is 329 Å². The molecule has 0 aliphatic carbocycles. The molecule has 2 aliphatic heterocycles. The summed E-state index contributed by atoms with van der Waals surface area (Å²) in [6, 6.07) is 34.3. The number of rotatable bonds is 7. The van der Waals surface area contributed by atoms with Crippen molar-refractivity contribution in [2.45, 2.75) is 0 Å². The summed E-state index contributed by atoms with van der Waals surface area (Å²) < 4.78 is 0. The molecule has 0 radical (unpaired) electrons. The van der Waals surface area contributed by atoms with Crippen LogP contribution in [0.3, 0.4) is 0 Å². The summed E-state index contributed by atoms with van der Waals surface area (Å²) in [4.78, 5) is 52.6. The number of benzene rings is 4. The number of nitrogens with zero attached hydrogens (tertiary/aromatic N) is 2. The van der Waals surface area contributed by atoms with Crippen molar-refractivity contribution in [2.24, 2.45) is 0 Å². The molecule has 2 aliphatic rings. The number of fused-ring (bicyclic) bond motifs is 8. The number of carbonyl (C=O) groups is 3. The van der Waals surface area contributed by atoms with Gasteiger partial charge in [-0.3, -0.25) is 0 Å². The number of nitrogens with one attached hydrogen (secondary N) is 2. The molecule has 0 saturated heterocycles. The molecule has 4 aromatic carbocycles. The summed E-state index contributed by atoms with van der Waals surface area (Å²) in [6.07, 6.45) is 7.57. The molecule has 280 valence electrons. The maximum atomic E-state index is 11.7. The zero-order chi connectivity index (χ0) is 40.1. The van der Waals surface area contributed by atoms with Crippen LogP contribution >= 0.6 is 0 Å². The van der Waals surface area contributed by atoms with E-state index in [1.54, 1.807) is 36.4 Å². The van der Waals surface area contributed by atoms with E-state index >= 15 is 0 Å². The highest BCUT2D eigenvalue weighted by Gasteiger charge is 2.19. The van der Waals surface area contributed by atoms with Gasteiger partial charge in [0, 0.05) is 50.0 Å². The first-order chi connectivity index (χ1) is 28.1. The quantitative estimate of drug-likeness (QED) is 0.163. The summed E-state index contributed by atoms with van der Waals surface area (Å²) >= 11 is 0. The number of carbonyl (C=O) groups excluding carboxylic acids is 3. The zero-order valence-electron chi connectivity index (χ0n) is 30.3. The number of aromatic carboxylic acids is 3. The molecule has 5 heterocycles. The molecule has 0 fully saturated rings. The molecule has 0 saturated carbocycles. The van der Waals surface area contributed by atoms with Crippen LogP contribution in [-0.2, 0) is 0 Å². The number of nitrogens with two attached hydrogens (primary N) is 1. The van der Waals surface area contributed by atoms with E-state index in [9.17, 15) is 29.7 Å². The fraction of sp³-hybridized carbons (Fsp3) is 0. The van der Waals surface area contributed by atoms with E-state index in [-0.39, 0.29) is 16.7 Å². The van der Waals surface area contributed by atoms with Crippen molar-refractivity contribution in [3.63, 3.8) is 0 Å². The van der Waals surface area contributed by atoms with Gasteiger partial charge in [-0.05, 0) is 99.6 Å². The van der Waals surface area contributed by atoms with E-state index < -0.39 is 17.9 Å². The van der Waals surface area contributed by atoms with Crippen LogP contribution in [0.1, 0.15) is 53.8 Å². The molecular weight excluding hydrogens is 731 g/mol. The van der Waals surface area contributed by atoms with Crippen molar-refractivity contribution in [1.82, 2.24) is 19.9 Å². The highest BCUT2D eigenvalue weighted by molar-refractivity contribution is 6.01. The number of hydrogen-bond donors (Lipinski definition) is 3. The van der Waals surface area contributed by atoms with Gasteiger partial charge in [-0.2, -0.15) is 0 Å². The number of nitrogen functional groups attached to an aromatic ring is 1. The van der Waals surface area contributed by atoms with Gasteiger partial charge in [0.05, 0.1) is 40.7 Å². The lowest BCUT2D eigenvalue weighted by Crippen LogP contribution is -2.21. The topological polar surface area (TPSA) is 204 Å². The minimum Gasteiger partial charge on any atom is -0.545 e. The first-order valence-electron chi connectivity index (χ1n) is 18.1. The molecule has 11 nitrogen and oxygen atoms in total. The number of hydrogen-bond acceptors (Lipinski definition) is 9. The normalized spacial score (nSPS) is 11.8. The smallest absolute Gasteiger partial charge is 0.0737 e. The lowest BCUT2D eigenvalue weighted by atomic mass is 10.0. The van der Waals surface area contributed by atoms with Crippen LogP contribution in [-0.4, -0.2) is 37.8 Å². The maximum Gasteiger partial charge on any atom is 0.0737 e. The average Bonchev–Trinajstić information content (AvgIpc) is 4.07. The van der Waals surface area contributed by atoms with Gasteiger partial charge in [-0.15, -0.1) is 0 Å². The molecule has 9 rings (SSSR count). The monoisotopic (exact) mass is 758 g/mol. The van der Waals surface area contributed by atoms with Crippen LogP contribution in [0.4, 0.5) is 5.69 Å². The minimum absolute atomic E-state index is 0.0166. The molecule has 3 aromatic heterocycles. The van der Waals surface area contributed by atoms with Crippen LogP contribution in [0.5, 0.6) is 0 Å². The third-order valence-electron chi connectivity index (χ3n) is 10.2. The lowest BCUT2D eigenvalue weighted by Gasteiger charge is -2.09. The van der Waals surface area contributed by atoms with Gasteiger partial charge in [0.15, 0.2) is 0 Å². The summed E-state index contributed by atoms with van der Waals surface area (Å²) in [5, 5.41) is 35.1. The summed E-state index contributed by atoms with van der Waals surface area (Å²) in [6.45, 7) is 0. The highest BCUT2D eigenvalue weighted by atomic mass is 16.4. The molecule has 0 unspecified atom stereocenters. The first-order valence-corrected chi connectivity index (χ1v) is 18.1. The van der Waals surface area contributed by atoms with E-state index in [0.29, 0.717) is 78.4 Å². The van der Waals surface area contributed by atoms with Crippen molar-refractivity contribution >= 4 is 70.0 Å². The van der Waals surface area contributed by atoms with Crippen molar-refractivity contribution in [3.05, 3.63) is 161 Å². The van der Waals surface area contributed by atoms with E-state index in [1.165, 1.54) is 36.4 Å². The largest absolute Gasteiger partial charge is 0.545 e. The minimum atomic E-state index is -1.30. The fourth-order valence-electron chi connectivity index (χ4n) is 7.39. The van der Waals surface area contributed by atoms with Gasteiger partial charge in [-0.25, -0.2) is 9.97 Å². The van der Waals surface area contributed by atoms with Gasteiger partial charge in [0.2, 0.25) is 0 Å². The molecule has 7 aromatic rings. The van der Waals surface area contributed by atoms with Crippen LogP contribution in [0, 0.1) is 0 Å². The Kier molecular flexibility index (Phi) is 8.59. The molecule has 8 bridgehead atoms. The highest BCUT2D eigenvalue weighted by Crippen LogP contribution is 2.38. The maximum absolute atomic E-state index is 11.7. The summed E-state index contributed by atoms with van der Waals surface area (Å²) in [5.74, 6) is -3.89. The summed E-state index contributed by atoms with van der Waals surface area (Å²) in [5.41, 5.74) is 17.6. The number of carboxylic acid groups (broad SMARTS) is 3. The fourth-order valence-corrected chi connectivity index (χ4v) is 7.39. The van der Waals surface area contributed by atoms with Crippen molar-refractivity contribution in [3.8, 4) is 44.5 Å². The average molecular weight is 759 g/mol. The van der Waals surface area contributed by atoms with Crippen LogP contribution in [0.2, 0.25) is 0 Å². The van der Waals surface area contributed by atoms with E-state index in [2.05, 4.69) is 9.97 Å². The Morgan fingerprint density at radius 3 is 0.862 bits per heavy atom. The number of aromatic nitrogens is 4. The Hall–Kier alpha value is -8.31. The van der Waals surface area contributed by atoms with Gasteiger partial charge in [0.1, 0.15) is 0 Å². The molecule has 11 heteroatoms. The van der Waals surface area contributed by atoms with Gasteiger partial charge in [0.25, 0.3) is 0 Å². The third-order valence-corrected chi connectivity index (χ3v) is 10.2. The number of carboxylic acids is 3. The van der Waals surface area contributed by atoms with Gasteiger partial charge < -0.3 is 45.4 Å². The van der Waals surface area contributed by atoms with Crippen molar-refractivity contribution in [1.29, 1.82) is 0 Å². The standard InChI is InChI=1S/C47H31N5O6/c48-32-15-13-28(14-16-32)44-39-23-21-37(51-39)42(26-3-9-30(10-4-26)46(55)56)35-19-17-33(49-35)41(25-1-7-29(8-2-25)45(53)54)34-18-20-36(50-34)43(38-22-24-40(44)52-38)27-5-11-31(12-6-27)47(57)58/h1-24,49,52H,48H2,(H,53,54)(H,55,56)(H,57,58)/p-3. The molecule has 58 heavy (non-hydrogen) atoms. The predicted molar refractivity (Wildman–Crippen MR) is 218 cm³/mol. The Morgan fingerprint density at radius 1 is 0.379 bits per heavy atom. The predicted octanol–water partition coefficient (Wildman–Crippen LogP) is 6.00. The van der Waals surface area contributed by atoms with Crippen LogP contribution < -0.4 is 21.1 Å². The van der Waals surface area contributed by atoms with Gasteiger partial charge in [-0.1, -0.05) is 84.9 Å². The van der Waals surface area contributed by atoms with Crippen molar-refractivity contribution < 1.29 is 29.7 Å². The molecule has 4 N–H and O–H groups in total. The van der Waals surface area contributed by atoms with E-state index in [0.717, 1.165) is 16.6 Å². The SMILES string of the molecule is Nc1ccc(-c2c3nc(c(-c4ccc(C(=O)[O-])cc4)c4ccc([nH]4)c(-c4ccc(C(=O)[O-])cc4)c4nc(c(-c5ccc(C(=O)[O-])cc5)c5ccc2[nH]5)C=C4)C=C3)cc1. The third kappa shape index (κ3) is 6.38. The molecular formula is C47H28N5O6-3.